The topological polar surface area (TPSA) is 86.7 Å². The minimum atomic E-state index is -3.76. The van der Waals surface area contributed by atoms with Gasteiger partial charge in [0.15, 0.2) is 0 Å². The van der Waals surface area contributed by atoms with Crippen LogP contribution in [0.4, 0.5) is 0 Å². The van der Waals surface area contributed by atoms with Gasteiger partial charge >= 0.3 is 0 Å². The number of rotatable bonds is 6. The van der Waals surface area contributed by atoms with E-state index in [0.29, 0.717) is 12.8 Å². The van der Waals surface area contributed by atoms with Gasteiger partial charge in [0.2, 0.25) is 15.9 Å². The van der Waals surface area contributed by atoms with Crippen molar-refractivity contribution in [3.05, 3.63) is 66.2 Å². The first-order valence-electron chi connectivity index (χ1n) is 9.46. The highest BCUT2D eigenvalue weighted by molar-refractivity contribution is 7.89. The summed E-state index contributed by atoms with van der Waals surface area (Å²) < 4.78 is 28.2. The summed E-state index contributed by atoms with van der Waals surface area (Å²) in [6.07, 6.45) is 1.14. The van der Waals surface area contributed by atoms with Crippen molar-refractivity contribution in [1.82, 2.24) is 9.62 Å². The molecule has 150 valence electrons. The zero-order chi connectivity index (χ0) is 20.1. The first-order chi connectivity index (χ1) is 13.4. The maximum atomic E-state index is 13.4. The zero-order valence-electron chi connectivity index (χ0n) is 15.9. The number of aliphatic hydroxyl groups is 1. The van der Waals surface area contributed by atoms with E-state index in [1.807, 2.05) is 30.3 Å². The van der Waals surface area contributed by atoms with Gasteiger partial charge in [0.1, 0.15) is 0 Å². The second-order valence-corrected chi connectivity index (χ2v) is 9.07. The van der Waals surface area contributed by atoms with Crippen LogP contribution in [0.15, 0.2) is 65.6 Å². The molecule has 0 radical (unpaired) electrons. The predicted octanol–water partition coefficient (Wildman–Crippen LogP) is 2.33. The fraction of sp³-hybridized carbons (Fsp3) is 0.381. The smallest absolute Gasteiger partial charge is 0.243 e. The Bertz CT molecular complexity index is 887. The molecule has 1 amide bonds. The quantitative estimate of drug-likeness (QED) is 0.776. The highest BCUT2D eigenvalue weighted by atomic mass is 32.2. The van der Waals surface area contributed by atoms with E-state index in [1.54, 1.807) is 37.3 Å². The summed E-state index contributed by atoms with van der Waals surface area (Å²) in [6, 6.07) is 17.2. The second-order valence-electron chi connectivity index (χ2n) is 7.18. The molecule has 0 aliphatic carbocycles. The Kier molecular flexibility index (Phi) is 6.49. The lowest BCUT2D eigenvalue weighted by molar-refractivity contribution is -0.127. The van der Waals surface area contributed by atoms with Crippen LogP contribution in [0.5, 0.6) is 0 Å². The van der Waals surface area contributed by atoms with Gasteiger partial charge in [-0.25, -0.2) is 8.42 Å². The Morgan fingerprint density at radius 2 is 1.71 bits per heavy atom. The lowest BCUT2D eigenvalue weighted by Gasteiger charge is -2.38. The van der Waals surface area contributed by atoms with E-state index in [4.69, 9.17) is 0 Å². The number of aliphatic hydroxyl groups excluding tert-OH is 1. The van der Waals surface area contributed by atoms with Gasteiger partial charge in [0.25, 0.3) is 0 Å². The molecule has 2 aromatic rings. The number of carbonyl (C=O) groups is 1. The number of hydrogen-bond donors (Lipinski definition) is 2. The van der Waals surface area contributed by atoms with Crippen molar-refractivity contribution in [2.75, 3.05) is 13.2 Å². The number of nitrogens with one attached hydrogen (secondary N) is 1. The molecule has 3 atom stereocenters. The van der Waals surface area contributed by atoms with Crippen LogP contribution in [0.3, 0.4) is 0 Å². The minimum Gasteiger partial charge on any atom is -0.394 e. The van der Waals surface area contributed by atoms with Gasteiger partial charge in [0, 0.05) is 12.6 Å². The Morgan fingerprint density at radius 1 is 1.11 bits per heavy atom. The van der Waals surface area contributed by atoms with Crippen molar-refractivity contribution in [3.63, 3.8) is 0 Å². The molecule has 1 unspecified atom stereocenters. The van der Waals surface area contributed by atoms with Gasteiger partial charge in [-0.2, -0.15) is 4.31 Å². The molecule has 2 aromatic carbocycles. The first-order valence-corrected chi connectivity index (χ1v) is 10.9. The average Bonchev–Trinajstić information content (AvgIpc) is 2.74. The standard InChI is InChI=1S/C21H26N2O4S/c1-16(15-24)22-21(25)18-12-13-20(17-8-4-2-5-9-17)23(14-18)28(26,27)19-10-6-3-7-11-19/h2-11,16,18,20,24H,12-15H2,1H3,(H,22,25)/t16?,18-,20-/m1/s1. The average molecular weight is 403 g/mol. The number of carbonyl (C=O) groups excluding carboxylic acids is 1. The van der Waals surface area contributed by atoms with Crippen LogP contribution in [0.1, 0.15) is 31.4 Å². The Labute approximate surface area is 166 Å². The van der Waals surface area contributed by atoms with Crippen LogP contribution in [0.25, 0.3) is 0 Å². The lowest BCUT2D eigenvalue weighted by Crippen LogP contribution is -2.48. The van der Waals surface area contributed by atoms with E-state index in [-0.39, 0.29) is 36.0 Å². The third-order valence-corrected chi connectivity index (χ3v) is 6.99. The predicted molar refractivity (Wildman–Crippen MR) is 107 cm³/mol. The van der Waals surface area contributed by atoms with E-state index >= 15 is 0 Å². The fourth-order valence-corrected chi connectivity index (χ4v) is 5.27. The molecule has 6 nitrogen and oxygen atoms in total. The van der Waals surface area contributed by atoms with Crippen molar-refractivity contribution in [2.24, 2.45) is 5.92 Å². The van der Waals surface area contributed by atoms with Crippen LogP contribution in [0.2, 0.25) is 0 Å². The van der Waals surface area contributed by atoms with Gasteiger partial charge < -0.3 is 10.4 Å². The molecule has 0 bridgehead atoms. The highest BCUT2D eigenvalue weighted by Gasteiger charge is 2.40. The highest BCUT2D eigenvalue weighted by Crippen LogP contribution is 2.37. The van der Waals surface area contributed by atoms with Crippen molar-refractivity contribution < 1.29 is 18.3 Å². The molecule has 1 aliphatic rings. The van der Waals surface area contributed by atoms with Crippen LogP contribution in [0, 0.1) is 5.92 Å². The molecule has 1 saturated heterocycles. The number of piperidine rings is 1. The molecule has 0 saturated carbocycles. The third kappa shape index (κ3) is 4.43. The van der Waals surface area contributed by atoms with E-state index in [1.165, 1.54) is 4.31 Å². The maximum Gasteiger partial charge on any atom is 0.243 e. The second kappa shape index (κ2) is 8.86. The molecule has 0 aromatic heterocycles. The molecule has 1 heterocycles. The normalized spacial score (nSPS) is 21.8. The molecule has 3 rings (SSSR count). The molecular weight excluding hydrogens is 376 g/mol. The van der Waals surface area contributed by atoms with E-state index in [0.717, 1.165) is 5.56 Å². The van der Waals surface area contributed by atoms with E-state index < -0.39 is 15.9 Å². The van der Waals surface area contributed by atoms with Crippen LogP contribution < -0.4 is 5.32 Å². The molecule has 28 heavy (non-hydrogen) atoms. The van der Waals surface area contributed by atoms with Gasteiger partial charge in [0.05, 0.1) is 23.5 Å². The van der Waals surface area contributed by atoms with Crippen molar-refractivity contribution in [2.45, 2.75) is 36.7 Å². The van der Waals surface area contributed by atoms with Gasteiger partial charge in [-0.1, -0.05) is 48.5 Å². The minimum absolute atomic E-state index is 0.112. The molecule has 2 N–H and O–H groups in total. The van der Waals surface area contributed by atoms with Gasteiger partial charge in [-0.05, 0) is 37.5 Å². The van der Waals surface area contributed by atoms with Crippen molar-refractivity contribution >= 4 is 15.9 Å². The Hall–Kier alpha value is -2.22. The lowest BCUT2D eigenvalue weighted by atomic mass is 9.90. The van der Waals surface area contributed by atoms with Crippen LogP contribution in [-0.2, 0) is 14.8 Å². The summed E-state index contributed by atoms with van der Waals surface area (Å²) in [5, 5.41) is 11.9. The summed E-state index contributed by atoms with van der Waals surface area (Å²) in [6.45, 7) is 1.67. The van der Waals surface area contributed by atoms with Crippen LogP contribution in [-0.4, -0.2) is 42.9 Å². The molecule has 1 fully saturated rings. The largest absolute Gasteiger partial charge is 0.394 e. The number of hydrogen-bond acceptors (Lipinski definition) is 4. The first kappa shape index (κ1) is 20.5. The van der Waals surface area contributed by atoms with Crippen molar-refractivity contribution in [1.29, 1.82) is 0 Å². The third-order valence-electron chi connectivity index (χ3n) is 5.10. The molecule has 7 heteroatoms. The summed E-state index contributed by atoms with van der Waals surface area (Å²) >= 11 is 0. The number of nitrogens with zero attached hydrogens (tertiary/aromatic N) is 1. The Morgan fingerprint density at radius 3 is 2.32 bits per heavy atom. The Balaban J connectivity index is 1.92. The summed E-state index contributed by atoms with van der Waals surface area (Å²) in [5.41, 5.74) is 0.921. The van der Waals surface area contributed by atoms with E-state index in [9.17, 15) is 18.3 Å². The summed E-state index contributed by atoms with van der Waals surface area (Å²) in [7, 11) is -3.76. The monoisotopic (exact) mass is 402 g/mol. The van der Waals surface area contributed by atoms with Gasteiger partial charge in [-0.15, -0.1) is 0 Å². The van der Waals surface area contributed by atoms with Gasteiger partial charge in [-0.3, -0.25) is 4.79 Å². The zero-order valence-corrected chi connectivity index (χ0v) is 16.7. The molecular formula is C21H26N2O4S. The number of benzene rings is 2. The molecule has 0 spiro atoms. The SMILES string of the molecule is CC(CO)NC(=O)[C@@H]1CC[C@H](c2ccccc2)N(S(=O)(=O)c2ccccc2)C1. The van der Waals surface area contributed by atoms with Crippen LogP contribution >= 0.6 is 0 Å². The fourth-order valence-electron chi connectivity index (χ4n) is 3.56. The summed E-state index contributed by atoms with van der Waals surface area (Å²) in [5.74, 6) is -0.672. The number of sulfonamides is 1. The maximum absolute atomic E-state index is 13.4. The number of amides is 1. The van der Waals surface area contributed by atoms with E-state index in [2.05, 4.69) is 5.32 Å². The molecule has 1 aliphatic heterocycles. The summed E-state index contributed by atoms with van der Waals surface area (Å²) in [4.78, 5) is 12.8. The van der Waals surface area contributed by atoms with Crippen molar-refractivity contribution in [3.8, 4) is 0 Å².